The van der Waals surface area contributed by atoms with Gasteiger partial charge in [0.15, 0.2) is 17.5 Å². The molecule has 0 amide bonds. The van der Waals surface area contributed by atoms with Crippen molar-refractivity contribution in [2.24, 2.45) is 0 Å². The molecule has 0 bridgehead atoms. The molecule has 292 valence electrons. The molecular weight excluding hydrogens is 765 g/mol. The van der Waals surface area contributed by atoms with E-state index in [-0.39, 0.29) is 0 Å². The summed E-state index contributed by atoms with van der Waals surface area (Å²) in [6.07, 6.45) is 0. The third-order valence-corrected chi connectivity index (χ3v) is 13.1. The molecule has 11 aromatic rings. The van der Waals surface area contributed by atoms with Gasteiger partial charge in [0.05, 0.1) is 16.6 Å². The summed E-state index contributed by atoms with van der Waals surface area (Å²) in [5.41, 5.74) is 17.7. The molecule has 9 aromatic carbocycles. The van der Waals surface area contributed by atoms with E-state index in [1.165, 1.54) is 44.5 Å². The second-order valence-electron chi connectivity index (χ2n) is 16.5. The van der Waals surface area contributed by atoms with Gasteiger partial charge in [-0.15, -0.1) is 0 Å². The summed E-state index contributed by atoms with van der Waals surface area (Å²) in [7, 11) is 0. The van der Waals surface area contributed by atoms with Crippen LogP contribution in [0.4, 0.5) is 0 Å². The van der Waals surface area contributed by atoms with E-state index >= 15 is 0 Å². The van der Waals surface area contributed by atoms with Crippen molar-refractivity contribution in [1.82, 2.24) is 19.9 Å². The van der Waals surface area contributed by atoms with E-state index in [1.807, 2.05) is 36.4 Å². The Hall–Kier alpha value is -8.34. The third kappa shape index (κ3) is 5.35. The second-order valence-corrected chi connectivity index (χ2v) is 16.5. The minimum Gasteiger partial charge on any atom is -0.248 e. The van der Waals surface area contributed by atoms with Gasteiger partial charge < -0.3 is 0 Å². The van der Waals surface area contributed by atoms with E-state index in [2.05, 4.69) is 182 Å². The first-order chi connectivity index (χ1) is 31.2. The van der Waals surface area contributed by atoms with Crippen molar-refractivity contribution in [2.45, 2.75) is 5.41 Å². The predicted octanol–water partition coefficient (Wildman–Crippen LogP) is 14.3. The highest BCUT2D eigenvalue weighted by Crippen LogP contribution is 2.63. The van der Waals surface area contributed by atoms with E-state index in [1.54, 1.807) is 0 Å². The molecule has 4 nitrogen and oxygen atoms in total. The van der Waals surface area contributed by atoms with Gasteiger partial charge in [0, 0.05) is 27.6 Å². The summed E-state index contributed by atoms with van der Waals surface area (Å²) >= 11 is 0. The van der Waals surface area contributed by atoms with Crippen molar-refractivity contribution in [2.75, 3.05) is 0 Å². The van der Waals surface area contributed by atoms with Gasteiger partial charge in [-0.3, -0.25) is 0 Å². The molecule has 0 unspecified atom stereocenters. The average Bonchev–Trinajstić information content (AvgIpc) is 3.82. The zero-order chi connectivity index (χ0) is 41.5. The fourth-order valence-corrected chi connectivity index (χ4v) is 10.4. The molecule has 2 aliphatic carbocycles. The second kappa shape index (κ2) is 13.8. The van der Waals surface area contributed by atoms with Gasteiger partial charge in [-0.2, -0.15) is 0 Å². The summed E-state index contributed by atoms with van der Waals surface area (Å²) < 4.78 is 0. The van der Waals surface area contributed by atoms with Crippen LogP contribution in [0.1, 0.15) is 22.3 Å². The Balaban J connectivity index is 1.11. The van der Waals surface area contributed by atoms with Gasteiger partial charge in [-0.1, -0.05) is 188 Å². The molecule has 0 atom stereocenters. The van der Waals surface area contributed by atoms with Crippen LogP contribution >= 0.6 is 0 Å². The Kier molecular flexibility index (Phi) is 7.79. The molecule has 63 heavy (non-hydrogen) atoms. The molecule has 0 saturated heterocycles. The molecule has 0 fully saturated rings. The standard InChI is InChI=1S/C59H36N4/c1-4-18-37(19-5-1)54-35-47(46-33-41(32-40-24-10-11-25-42(40)46)58-62-56(38-20-6-2-7-21-38)61-57(63-58)39-22-8-3-9-23-39)49-34-48-45-28-14-17-31-52(45)59(53(48)36-55(49)60-54)50-29-15-12-26-43(50)44-27-13-16-30-51(44)59/h1-36H. The van der Waals surface area contributed by atoms with Gasteiger partial charge in [0.1, 0.15) is 0 Å². The van der Waals surface area contributed by atoms with Crippen LogP contribution in [0.15, 0.2) is 218 Å². The van der Waals surface area contributed by atoms with Crippen LogP contribution in [-0.2, 0) is 5.41 Å². The minimum absolute atomic E-state index is 0.476. The highest BCUT2D eigenvalue weighted by molar-refractivity contribution is 6.10. The maximum Gasteiger partial charge on any atom is 0.164 e. The summed E-state index contributed by atoms with van der Waals surface area (Å²) in [5.74, 6) is 1.88. The van der Waals surface area contributed by atoms with E-state index in [9.17, 15) is 0 Å². The molecule has 4 heteroatoms. The molecular formula is C59H36N4. The maximum atomic E-state index is 5.56. The number of pyridine rings is 1. The first-order valence-electron chi connectivity index (χ1n) is 21.5. The Bertz CT molecular complexity index is 3510. The van der Waals surface area contributed by atoms with Crippen LogP contribution in [0, 0.1) is 0 Å². The molecule has 2 aromatic heterocycles. The SMILES string of the molecule is c1ccc(-c2cc(-c3cc(-c4nc(-c5ccccc5)nc(-c5ccccc5)n4)cc4ccccc34)c3cc4c(cc3n2)C2(c3ccccc3-c3ccccc32)c2ccccc2-4)cc1. The number of nitrogens with zero attached hydrogens (tertiary/aromatic N) is 4. The summed E-state index contributed by atoms with van der Waals surface area (Å²) in [4.78, 5) is 20.9. The molecule has 2 heterocycles. The monoisotopic (exact) mass is 800 g/mol. The van der Waals surface area contributed by atoms with E-state index in [0.717, 1.165) is 60.8 Å². The average molecular weight is 801 g/mol. The van der Waals surface area contributed by atoms with E-state index in [0.29, 0.717) is 17.5 Å². The largest absolute Gasteiger partial charge is 0.248 e. The highest BCUT2D eigenvalue weighted by atomic mass is 15.0. The summed E-state index contributed by atoms with van der Waals surface area (Å²) in [6, 6.07) is 78.1. The van der Waals surface area contributed by atoms with E-state index < -0.39 is 5.41 Å². The quantitative estimate of drug-likeness (QED) is 0.174. The van der Waals surface area contributed by atoms with Crippen molar-refractivity contribution < 1.29 is 0 Å². The highest BCUT2D eigenvalue weighted by Gasteiger charge is 2.51. The molecule has 1 spiro atoms. The van der Waals surface area contributed by atoms with Crippen LogP contribution < -0.4 is 0 Å². The summed E-state index contributed by atoms with van der Waals surface area (Å²) in [5, 5.41) is 3.33. The lowest BCUT2D eigenvalue weighted by Crippen LogP contribution is -2.25. The van der Waals surface area contributed by atoms with Crippen molar-refractivity contribution in [1.29, 1.82) is 0 Å². The summed E-state index contributed by atoms with van der Waals surface area (Å²) in [6.45, 7) is 0. The topological polar surface area (TPSA) is 51.6 Å². The molecule has 0 N–H and O–H groups in total. The van der Waals surface area contributed by atoms with Gasteiger partial charge in [0.25, 0.3) is 0 Å². The molecule has 13 rings (SSSR count). The molecule has 0 aliphatic heterocycles. The third-order valence-electron chi connectivity index (χ3n) is 13.1. The Morgan fingerprint density at radius 2 is 0.730 bits per heavy atom. The predicted molar refractivity (Wildman–Crippen MR) is 256 cm³/mol. The van der Waals surface area contributed by atoms with Gasteiger partial charge in [0.2, 0.25) is 0 Å². The van der Waals surface area contributed by atoms with Gasteiger partial charge >= 0.3 is 0 Å². The lowest BCUT2D eigenvalue weighted by atomic mass is 9.70. The van der Waals surface area contributed by atoms with Crippen molar-refractivity contribution >= 4 is 21.7 Å². The van der Waals surface area contributed by atoms with Crippen LogP contribution in [0.5, 0.6) is 0 Å². The zero-order valence-electron chi connectivity index (χ0n) is 34.1. The number of hydrogen-bond acceptors (Lipinski definition) is 4. The lowest BCUT2D eigenvalue weighted by molar-refractivity contribution is 0.794. The number of aromatic nitrogens is 4. The van der Waals surface area contributed by atoms with Gasteiger partial charge in [-0.25, -0.2) is 19.9 Å². The van der Waals surface area contributed by atoms with Crippen molar-refractivity contribution in [3.63, 3.8) is 0 Å². The zero-order valence-corrected chi connectivity index (χ0v) is 34.1. The van der Waals surface area contributed by atoms with Crippen LogP contribution in [0.3, 0.4) is 0 Å². The van der Waals surface area contributed by atoms with E-state index in [4.69, 9.17) is 19.9 Å². The number of rotatable bonds is 5. The molecule has 0 radical (unpaired) electrons. The van der Waals surface area contributed by atoms with Crippen LogP contribution in [-0.4, -0.2) is 19.9 Å². The maximum absolute atomic E-state index is 5.56. The van der Waals surface area contributed by atoms with Crippen LogP contribution in [0.25, 0.3) is 100 Å². The first-order valence-corrected chi connectivity index (χ1v) is 21.5. The Labute approximate surface area is 364 Å². The Morgan fingerprint density at radius 3 is 1.32 bits per heavy atom. The normalized spacial score (nSPS) is 12.9. The Morgan fingerprint density at radius 1 is 0.270 bits per heavy atom. The van der Waals surface area contributed by atoms with Crippen LogP contribution in [0.2, 0.25) is 0 Å². The first kappa shape index (κ1) is 35.4. The van der Waals surface area contributed by atoms with Crippen molar-refractivity contribution in [3.05, 3.63) is 241 Å². The molecule has 0 saturated carbocycles. The van der Waals surface area contributed by atoms with Crippen molar-refractivity contribution in [3.8, 4) is 78.8 Å². The number of fused-ring (bicyclic) bond motifs is 12. The number of hydrogen-bond donors (Lipinski definition) is 0. The molecule has 2 aliphatic rings. The fraction of sp³-hybridized carbons (Fsp3) is 0.0169. The smallest absolute Gasteiger partial charge is 0.164 e. The minimum atomic E-state index is -0.476. The number of benzene rings is 9. The van der Waals surface area contributed by atoms with Gasteiger partial charge in [-0.05, 0) is 96.7 Å². The fourth-order valence-electron chi connectivity index (χ4n) is 10.4. The lowest BCUT2D eigenvalue weighted by Gasteiger charge is -2.30.